The molecule has 1 aliphatic heterocycles. The van der Waals surface area contributed by atoms with E-state index in [4.69, 9.17) is 4.52 Å². The standard InChI is InChI=1S/C27H34N4O4S/c1-19-8-14-23(15-9-19)36(33,34)31-16-6-7-21(17-31)26(32)30(5)18-24-28-25(29-35-24)20-10-12-22(13-11-20)27(2,3)4/h8-15,21H,6-7,16-18H2,1-5H3/t21-/m0/s1. The quantitative estimate of drug-likeness (QED) is 0.488. The van der Waals surface area contributed by atoms with Crippen LogP contribution in [-0.4, -0.2) is 53.8 Å². The molecule has 9 heteroatoms. The molecule has 1 amide bonds. The molecular formula is C27H34N4O4S. The van der Waals surface area contributed by atoms with Crippen LogP contribution in [0.1, 0.15) is 50.6 Å². The molecule has 2 heterocycles. The van der Waals surface area contributed by atoms with E-state index >= 15 is 0 Å². The Bertz CT molecular complexity index is 1310. The predicted octanol–water partition coefficient (Wildman–Crippen LogP) is 4.40. The van der Waals surface area contributed by atoms with Crippen LogP contribution in [0.4, 0.5) is 0 Å². The Morgan fingerprint density at radius 3 is 2.42 bits per heavy atom. The lowest BCUT2D eigenvalue weighted by Gasteiger charge is -2.33. The van der Waals surface area contributed by atoms with Gasteiger partial charge in [-0.25, -0.2) is 8.42 Å². The lowest BCUT2D eigenvalue weighted by Crippen LogP contribution is -2.45. The van der Waals surface area contributed by atoms with Crippen LogP contribution in [0.2, 0.25) is 0 Å². The van der Waals surface area contributed by atoms with E-state index in [-0.39, 0.29) is 29.3 Å². The maximum atomic E-state index is 13.2. The first-order valence-corrected chi connectivity index (χ1v) is 13.6. The third-order valence-electron chi connectivity index (χ3n) is 6.62. The number of hydrogen-bond donors (Lipinski definition) is 0. The Labute approximate surface area is 213 Å². The molecule has 8 nitrogen and oxygen atoms in total. The highest BCUT2D eigenvalue weighted by Crippen LogP contribution is 2.27. The second-order valence-corrected chi connectivity index (χ2v) is 12.5. The summed E-state index contributed by atoms with van der Waals surface area (Å²) >= 11 is 0. The molecular weight excluding hydrogens is 476 g/mol. The monoisotopic (exact) mass is 510 g/mol. The van der Waals surface area contributed by atoms with Crippen molar-refractivity contribution in [3.8, 4) is 11.4 Å². The van der Waals surface area contributed by atoms with Gasteiger partial charge in [0.25, 0.3) is 0 Å². The summed E-state index contributed by atoms with van der Waals surface area (Å²) in [6.45, 7) is 9.11. The van der Waals surface area contributed by atoms with Gasteiger partial charge < -0.3 is 9.42 Å². The number of carbonyl (C=O) groups is 1. The second-order valence-electron chi connectivity index (χ2n) is 10.5. The summed E-state index contributed by atoms with van der Waals surface area (Å²) in [6, 6.07) is 14.8. The molecule has 0 spiro atoms. The number of aryl methyl sites for hydroxylation is 1. The minimum absolute atomic E-state index is 0.0538. The summed E-state index contributed by atoms with van der Waals surface area (Å²) in [4.78, 5) is 19.4. The van der Waals surface area contributed by atoms with Gasteiger partial charge in [0, 0.05) is 25.7 Å². The smallest absolute Gasteiger partial charge is 0.246 e. The van der Waals surface area contributed by atoms with Gasteiger partial charge in [-0.3, -0.25) is 4.79 Å². The molecule has 2 aromatic carbocycles. The summed E-state index contributed by atoms with van der Waals surface area (Å²) in [5.74, 6) is 0.254. The first-order valence-electron chi connectivity index (χ1n) is 12.2. The van der Waals surface area contributed by atoms with Gasteiger partial charge in [0.2, 0.25) is 27.6 Å². The van der Waals surface area contributed by atoms with E-state index in [0.717, 1.165) is 11.1 Å². The fourth-order valence-corrected chi connectivity index (χ4v) is 5.89. The second kappa shape index (κ2) is 10.1. The summed E-state index contributed by atoms with van der Waals surface area (Å²) in [5, 5.41) is 4.08. The van der Waals surface area contributed by atoms with E-state index in [1.54, 1.807) is 31.3 Å². The fourth-order valence-electron chi connectivity index (χ4n) is 4.37. The molecule has 1 saturated heterocycles. The van der Waals surface area contributed by atoms with Crippen LogP contribution in [0.3, 0.4) is 0 Å². The lowest BCUT2D eigenvalue weighted by atomic mass is 9.87. The van der Waals surface area contributed by atoms with Crippen LogP contribution in [0.5, 0.6) is 0 Å². The van der Waals surface area contributed by atoms with Crippen molar-refractivity contribution in [1.82, 2.24) is 19.3 Å². The minimum Gasteiger partial charge on any atom is -0.337 e. The number of carbonyl (C=O) groups excluding carboxylic acids is 1. The van der Waals surface area contributed by atoms with E-state index < -0.39 is 15.9 Å². The Morgan fingerprint density at radius 2 is 1.78 bits per heavy atom. The van der Waals surface area contributed by atoms with Gasteiger partial charge in [0.1, 0.15) is 0 Å². The Balaban J connectivity index is 1.40. The zero-order chi connectivity index (χ0) is 26.1. The molecule has 4 rings (SSSR count). The molecule has 36 heavy (non-hydrogen) atoms. The molecule has 1 aromatic heterocycles. The van der Waals surface area contributed by atoms with Crippen molar-refractivity contribution in [2.75, 3.05) is 20.1 Å². The number of sulfonamides is 1. The Morgan fingerprint density at radius 1 is 1.11 bits per heavy atom. The van der Waals surface area contributed by atoms with Gasteiger partial charge >= 0.3 is 0 Å². The van der Waals surface area contributed by atoms with Crippen LogP contribution in [0.25, 0.3) is 11.4 Å². The molecule has 0 saturated carbocycles. The predicted molar refractivity (Wildman–Crippen MR) is 138 cm³/mol. The molecule has 192 valence electrons. The van der Waals surface area contributed by atoms with E-state index in [1.807, 2.05) is 19.1 Å². The van der Waals surface area contributed by atoms with E-state index in [0.29, 0.717) is 31.1 Å². The van der Waals surface area contributed by atoms with Crippen LogP contribution >= 0.6 is 0 Å². The number of amides is 1. The summed E-state index contributed by atoms with van der Waals surface area (Å²) in [6.07, 6.45) is 1.27. The van der Waals surface area contributed by atoms with Crippen LogP contribution in [0.15, 0.2) is 57.9 Å². The van der Waals surface area contributed by atoms with Crippen LogP contribution in [-0.2, 0) is 26.8 Å². The van der Waals surface area contributed by atoms with Crippen molar-refractivity contribution >= 4 is 15.9 Å². The van der Waals surface area contributed by atoms with Crippen molar-refractivity contribution in [1.29, 1.82) is 0 Å². The molecule has 0 radical (unpaired) electrons. The van der Waals surface area contributed by atoms with E-state index in [9.17, 15) is 13.2 Å². The maximum absolute atomic E-state index is 13.2. The molecule has 0 unspecified atom stereocenters. The van der Waals surface area contributed by atoms with E-state index in [2.05, 4.69) is 43.0 Å². The molecule has 0 aliphatic carbocycles. The number of piperidine rings is 1. The maximum Gasteiger partial charge on any atom is 0.246 e. The van der Waals surface area contributed by atoms with Crippen molar-refractivity contribution in [2.24, 2.45) is 5.92 Å². The van der Waals surface area contributed by atoms with Crippen molar-refractivity contribution < 1.29 is 17.7 Å². The first kappa shape index (κ1) is 26.0. The molecule has 0 N–H and O–H groups in total. The zero-order valence-corrected chi connectivity index (χ0v) is 22.4. The van der Waals surface area contributed by atoms with Gasteiger partial charge in [0.15, 0.2) is 0 Å². The van der Waals surface area contributed by atoms with Crippen LogP contribution < -0.4 is 0 Å². The van der Waals surface area contributed by atoms with Crippen molar-refractivity contribution in [3.63, 3.8) is 0 Å². The van der Waals surface area contributed by atoms with Crippen molar-refractivity contribution in [2.45, 2.75) is 57.4 Å². The third-order valence-corrected chi connectivity index (χ3v) is 8.50. The van der Waals surface area contributed by atoms with Crippen molar-refractivity contribution in [3.05, 3.63) is 65.5 Å². The van der Waals surface area contributed by atoms with Gasteiger partial charge in [-0.2, -0.15) is 9.29 Å². The van der Waals surface area contributed by atoms with E-state index in [1.165, 1.54) is 14.8 Å². The summed E-state index contributed by atoms with van der Waals surface area (Å²) in [5.41, 5.74) is 3.11. The molecule has 0 bridgehead atoms. The molecule has 3 aromatic rings. The van der Waals surface area contributed by atoms with Gasteiger partial charge in [-0.1, -0.05) is 67.9 Å². The number of benzene rings is 2. The third kappa shape index (κ3) is 5.68. The molecule has 1 aliphatic rings. The molecule has 1 fully saturated rings. The average Bonchev–Trinajstić information content (AvgIpc) is 3.32. The number of rotatable bonds is 6. The van der Waals surface area contributed by atoms with Gasteiger partial charge in [-0.05, 0) is 42.9 Å². The topological polar surface area (TPSA) is 96.6 Å². The highest BCUT2D eigenvalue weighted by Gasteiger charge is 2.34. The minimum atomic E-state index is -3.65. The highest BCUT2D eigenvalue weighted by molar-refractivity contribution is 7.89. The van der Waals surface area contributed by atoms with Crippen LogP contribution in [0, 0.1) is 12.8 Å². The lowest BCUT2D eigenvalue weighted by molar-refractivity contribution is -0.136. The number of aromatic nitrogens is 2. The molecule has 1 atom stereocenters. The Kier molecular flexibility index (Phi) is 7.33. The normalized spacial score (nSPS) is 17.2. The summed E-state index contributed by atoms with van der Waals surface area (Å²) < 4.78 is 33.0. The highest BCUT2D eigenvalue weighted by atomic mass is 32.2. The first-order chi connectivity index (χ1) is 16.9. The average molecular weight is 511 g/mol. The number of nitrogens with zero attached hydrogens (tertiary/aromatic N) is 4. The van der Waals surface area contributed by atoms with Gasteiger partial charge in [0.05, 0.1) is 17.4 Å². The Hall–Kier alpha value is -3.04. The summed E-state index contributed by atoms with van der Waals surface area (Å²) in [7, 11) is -1.97. The largest absolute Gasteiger partial charge is 0.337 e. The number of hydrogen-bond acceptors (Lipinski definition) is 6. The SMILES string of the molecule is Cc1ccc(S(=O)(=O)N2CCC[C@H](C(=O)N(C)Cc3nc(-c4ccc(C(C)(C)C)cc4)no3)C2)cc1. The van der Waals surface area contributed by atoms with Gasteiger partial charge in [-0.15, -0.1) is 0 Å². The zero-order valence-electron chi connectivity index (χ0n) is 21.6. The fraction of sp³-hybridized carbons (Fsp3) is 0.444.